The minimum absolute atomic E-state index is 0.0446. The van der Waals surface area contributed by atoms with E-state index >= 15 is 0 Å². The molecule has 0 saturated carbocycles. The molecule has 0 spiro atoms. The third kappa shape index (κ3) is 3.37. The van der Waals surface area contributed by atoms with Gasteiger partial charge in [-0.25, -0.2) is 9.18 Å². The van der Waals surface area contributed by atoms with Crippen molar-refractivity contribution in [1.29, 1.82) is 0 Å². The van der Waals surface area contributed by atoms with Crippen LogP contribution in [0.5, 0.6) is 0 Å². The Morgan fingerprint density at radius 1 is 1.04 bits per heavy atom. The molecule has 1 aliphatic heterocycles. The summed E-state index contributed by atoms with van der Waals surface area (Å²) in [5.74, 6) is -3.81. The third-order valence-corrected chi connectivity index (χ3v) is 4.38. The van der Waals surface area contributed by atoms with E-state index in [1.165, 1.54) is 29.6 Å². The summed E-state index contributed by atoms with van der Waals surface area (Å²) in [6, 6.07) is 8.53. The molecule has 142 valence electrons. The highest BCUT2D eigenvalue weighted by atomic mass is 19.4. The van der Waals surface area contributed by atoms with E-state index in [-0.39, 0.29) is 11.1 Å². The summed E-state index contributed by atoms with van der Waals surface area (Å²) < 4.78 is 54.2. The minimum Gasteiger partial charge on any atom is -0.363 e. The molecule has 1 aliphatic rings. The van der Waals surface area contributed by atoms with Crippen molar-refractivity contribution >= 4 is 11.8 Å². The highest BCUT2D eigenvalue weighted by molar-refractivity contribution is 6.00. The van der Waals surface area contributed by atoms with Gasteiger partial charge in [-0.1, -0.05) is 42.5 Å². The molecule has 3 rings (SSSR count). The third-order valence-electron chi connectivity index (χ3n) is 4.38. The van der Waals surface area contributed by atoms with Gasteiger partial charge in [0.1, 0.15) is 11.7 Å². The Bertz CT molecular complexity index is 855. The summed E-state index contributed by atoms with van der Waals surface area (Å²) in [7, 11) is 0. The quantitative estimate of drug-likeness (QED) is 0.564. The molecule has 2 aromatic carbocycles. The predicted molar refractivity (Wildman–Crippen MR) is 86.1 cm³/mol. The minimum atomic E-state index is -5.34. The summed E-state index contributed by atoms with van der Waals surface area (Å²) in [5, 5.41) is 14.0. The van der Waals surface area contributed by atoms with Crippen LogP contribution < -0.4 is 10.6 Å². The van der Waals surface area contributed by atoms with Crippen LogP contribution in [0.15, 0.2) is 54.6 Å². The molecule has 0 unspecified atom stereocenters. The fourth-order valence-corrected chi connectivity index (χ4v) is 3.07. The van der Waals surface area contributed by atoms with E-state index in [1.54, 1.807) is 6.07 Å². The number of halogens is 4. The number of urea groups is 1. The SMILES string of the molecule is O=C1N[C@H](c2ccc(F)cc2)[C@H](C(=O)c2ccccc2)[C@@](O)(C(F)(F)F)N1. The van der Waals surface area contributed by atoms with Crippen LogP contribution in [0.3, 0.4) is 0 Å². The molecule has 1 fully saturated rings. The zero-order valence-corrected chi connectivity index (χ0v) is 13.6. The molecular weight excluding hydrogens is 368 g/mol. The Morgan fingerprint density at radius 3 is 2.19 bits per heavy atom. The lowest BCUT2D eigenvalue weighted by atomic mass is 9.77. The molecule has 0 radical (unpaired) electrons. The summed E-state index contributed by atoms with van der Waals surface area (Å²) >= 11 is 0. The number of benzene rings is 2. The first-order valence-electron chi connectivity index (χ1n) is 7.86. The monoisotopic (exact) mass is 382 g/mol. The number of nitrogens with one attached hydrogen (secondary N) is 2. The molecule has 27 heavy (non-hydrogen) atoms. The van der Waals surface area contributed by atoms with Gasteiger partial charge in [-0.2, -0.15) is 13.2 Å². The van der Waals surface area contributed by atoms with Crippen molar-refractivity contribution in [2.45, 2.75) is 17.9 Å². The number of hydrogen-bond acceptors (Lipinski definition) is 3. The first-order chi connectivity index (χ1) is 12.6. The lowest BCUT2D eigenvalue weighted by Crippen LogP contribution is -2.72. The number of aliphatic hydroxyl groups is 1. The van der Waals surface area contributed by atoms with Crippen LogP contribution in [-0.4, -0.2) is 28.8 Å². The largest absolute Gasteiger partial charge is 0.437 e. The smallest absolute Gasteiger partial charge is 0.363 e. The van der Waals surface area contributed by atoms with Crippen LogP contribution in [0.4, 0.5) is 22.4 Å². The van der Waals surface area contributed by atoms with E-state index in [0.717, 1.165) is 24.3 Å². The molecule has 0 aromatic heterocycles. The van der Waals surface area contributed by atoms with Crippen molar-refractivity contribution in [2.24, 2.45) is 5.92 Å². The summed E-state index contributed by atoms with van der Waals surface area (Å²) in [5.41, 5.74) is -3.83. The second-order valence-corrected chi connectivity index (χ2v) is 6.10. The average molecular weight is 382 g/mol. The van der Waals surface area contributed by atoms with Crippen molar-refractivity contribution in [3.8, 4) is 0 Å². The highest BCUT2D eigenvalue weighted by Crippen LogP contribution is 2.43. The van der Waals surface area contributed by atoms with Crippen LogP contribution in [0.25, 0.3) is 0 Å². The number of alkyl halides is 3. The molecule has 9 heteroatoms. The van der Waals surface area contributed by atoms with Gasteiger partial charge in [-0.05, 0) is 17.7 Å². The van der Waals surface area contributed by atoms with E-state index in [2.05, 4.69) is 5.32 Å². The van der Waals surface area contributed by atoms with Crippen molar-refractivity contribution in [1.82, 2.24) is 10.6 Å². The van der Waals surface area contributed by atoms with E-state index < -0.39 is 41.5 Å². The van der Waals surface area contributed by atoms with Crippen LogP contribution in [0, 0.1) is 11.7 Å². The highest BCUT2D eigenvalue weighted by Gasteiger charge is 2.66. The van der Waals surface area contributed by atoms with E-state index in [9.17, 15) is 32.3 Å². The van der Waals surface area contributed by atoms with Gasteiger partial charge in [0.15, 0.2) is 5.78 Å². The van der Waals surface area contributed by atoms with Crippen molar-refractivity contribution in [2.75, 3.05) is 0 Å². The summed E-state index contributed by atoms with van der Waals surface area (Å²) in [4.78, 5) is 24.7. The van der Waals surface area contributed by atoms with Crippen LogP contribution in [0.1, 0.15) is 22.0 Å². The number of Topliss-reactive ketones (excluding diaryl/α,β-unsaturated/α-hetero) is 1. The zero-order valence-electron chi connectivity index (χ0n) is 13.6. The topological polar surface area (TPSA) is 78.4 Å². The maximum absolute atomic E-state index is 13.7. The van der Waals surface area contributed by atoms with Gasteiger partial charge in [0.05, 0.1) is 6.04 Å². The van der Waals surface area contributed by atoms with Gasteiger partial charge in [0.25, 0.3) is 0 Å². The molecule has 1 heterocycles. The fourth-order valence-electron chi connectivity index (χ4n) is 3.07. The van der Waals surface area contributed by atoms with E-state index in [0.29, 0.717) is 0 Å². The van der Waals surface area contributed by atoms with Gasteiger partial charge < -0.3 is 15.7 Å². The fraction of sp³-hybridized carbons (Fsp3) is 0.222. The van der Waals surface area contributed by atoms with Gasteiger partial charge in [0.2, 0.25) is 5.72 Å². The second-order valence-electron chi connectivity index (χ2n) is 6.10. The molecule has 2 amide bonds. The Kier molecular flexibility index (Phi) is 4.64. The summed E-state index contributed by atoms with van der Waals surface area (Å²) in [6.45, 7) is 0. The first-order valence-corrected chi connectivity index (χ1v) is 7.86. The Morgan fingerprint density at radius 2 is 1.63 bits per heavy atom. The molecule has 2 aromatic rings. The number of ketones is 1. The average Bonchev–Trinajstić information content (AvgIpc) is 2.61. The maximum Gasteiger partial charge on any atom is 0.437 e. The molecule has 0 aliphatic carbocycles. The van der Waals surface area contributed by atoms with Gasteiger partial charge >= 0.3 is 12.2 Å². The van der Waals surface area contributed by atoms with Crippen LogP contribution in [-0.2, 0) is 0 Å². The van der Waals surface area contributed by atoms with Gasteiger partial charge in [-0.15, -0.1) is 0 Å². The second kappa shape index (κ2) is 6.66. The maximum atomic E-state index is 13.7. The van der Waals surface area contributed by atoms with E-state index in [4.69, 9.17) is 0 Å². The van der Waals surface area contributed by atoms with Crippen LogP contribution >= 0.6 is 0 Å². The van der Waals surface area contributed by atoms with Gasteiger partial charge in [-0.3, -0.25) is 4.79 Å². The Hall–Kier alpha value is -2.94. The molecule has 0 bridgehead atoms. The van der Waals surface area contributed by atoms with Gasteiger partial charge in [0, 0.05) is 5.56 Å². The number of hydrogen-bond donors (Lipinski definition) is 3. The molecule has 1 saturated heterocycles. The molecule has 5 nitrogen and oxygen atoms in total. The lowest BCUT2D eigenvalue weighted by Gasteiger charge is -2.45. The van der Waals surface area contributed by atoms with E-state index in [1.807, 2.05) is 0 Å². The summed E-state index contributed by atoms with van der Waals surface area (Å²) in [6.07, 6.45) is -5.34. The molecule has 3 N–H and O–H groups in total. The Labute approximate surface area is 151 Å². The number of carbonyl (C=O) groups excluding carboxylic acids is 2. The van der Waals surface area contributed by atoms with Crippen molar-refractivity contribution in [3.63, 3.8) is 0 Å². The standard InChI is InChI=1S/C18H14F4N2O3/c19-12-8-6-10(7-9-12)14-13(15(25)11-4-2-1-3-5-11)17(27,18(20,21)22)24-16(26)23-14/h1-9,13-14,27H,(H2,23,24,26)/t13-,14-,17-/m1/s1. The lowest BCUT2D eigenvalue weighted by molar-refractivity contribution is -0.287. The zero-order chi connectivity index (χ0) is 19.8. The molecule has 3 atom stereocenters. The van der Waals surface area contributed by atoms with Crippen molar-refractivity contribution < 1.29 is 32.3 Å². The first kappa shape index (κ1) is 18.8. The number of carbonyl (C=O) groups is 2. The van der Waals surface area contributed by atoms with Crippen molar-refractivity contribution in [3.05, 3.63) is 71.5 Å². The Balaban J connectivity index is 2.15. The number of rotatable bonds is 3. The predicted octanol–water partition coefficient (Wildman–Crippen LogP) is 2.93. The molecular formula is C18H14F4N2O3. The normalized spacial score (nSPS) is 25.4. The van der Waals surface area contributed by atoms with Crippen LogP contribution in [0.2, 0.25) is 0 Å². The number of amides is 2.